The predicted molar refractivity (Wildman–Crippen MR) is 146 cm³/mol. The molecule has 1 N–H and O–H groups in total. The number of rotatable bonds is 7. The Bertz CT molecular complexity index is 1380. The van der Waals surface area contributed by atoms with Crippen molar-refractivity contribution >= 4 is 32.8 Å². The number of anilines is 1. The Morgan fingerprint density at radius 3 is 2.33 bits per heavy atom. The van der Waals surface area contributed by atoms with Crippen LogP contribution in [0.3, 0.4) is 0 Å². The van der Waals surface area contributed by atoms with Gasteiger partial charge in [0.1, 0.15) is 10.7 Å². The lowest BCUT2D eigenvalue weighted by Crippen LogP contribution is -2.44. The lowest BCUT2D eigenvalue weighted by atomic mass is 9.98. The van der Waals surface area contributed by atoms with Crippen molar-refractivity contribution in [1.29, 1.82) is 0 Å². The monoisotopic (exact) mass is 601 g/mol. The van der Waals surface area contributed by atoms with Crippen LogP contribution < -0.4 is 4.90 Å². The van der Waals surface area contributed by atoms with Crippen LogP contribution in [0.4, 0.5) is 23.2 Å². The summed E-state index contributed by atoms with van der Waals surface area (Å²) in [5, 5.41) is 8.80. The minimum atomic E-state index is -5.08. The number of thiazole rings is 1. The highest BCUT2D eigenvalue weighted by Gasteiger charge is 2.38. The lowest BCUT2D eigenvalue weighted by molar-refractivity contribution is -0.192. The Balaban J connectivity index is 0.000000559. The van der Waals surface area contributed by atoms with E-state index in [1.165, 1.54) is 29.0 Å². The van der Waals surface area contributed by atoms with E-state index in [9.17, 15) is 21.6 Å². The quantitative estimate of drug-likeness (QED) is 0.339. The molecule has 1 fully saturated rings. The Morgan fingerprint density at radius 1 is 1.20 bits per heavy atom. The Kier molecular flexibility index (Phi) is 10.3. The Hall–Kier alpha value is -3.03. The number of likely N-dealkylation sites (tertiary alicyclic amines) is 1. The molecule has 7 nitrogen and oxygen atoms in total. The van der Waals surface area contributed by atoms with Gasteiger partial charge in [-0.25, -0.2) is 22.6 Å². The standard InChI is InChI=1S/C25H30FN3O2S2.C2HF3O2/c1-18-13-25(33(30,31)16-21-15-32-17-27-21)23(26)14-24(18)28(3)22-9-11-29(12-10-22)19(2)20-7-5-4-6-8-20;3-2(4,5)1(6)7/h4-8,13-15,17,19,22H,9-12,16H2,1-3H3;(H,6,7)/t19-;/m1./s1. The molecule has 4 rings (SSSR count). The average Bonchev–Trinajstić information content (AvgIpc) is 3.41. The molecule has 0 unspecified atom stereocenters. The number of carboxylic acid groups (broad SMARTS) is 1. The summed E-state index contributed by atoms with van der Waals surface area (Å²) in [6, 6.07) is 14.0. The van der Waals surface area contributed by atoms with Crippen LogP contribution in [-0.4, -0.2) is 61.7 Å². The molecule has 0 bridgehead atoms. The highest BCUT2D eigenvalue weighted by Crippen LogP contribution is 2.32. The van der Waals surface area contributed by atoms with Crippen molar-refractivity contribution in [2.45, 2.75) is 55.6 Å². The van der Waals surface area contributed by atoms with E-state index in [-0.39, 0.29) is 16.7 Å². The van der Waals surface area contributed by atoms with Crippen molar-refractivity contribution in [3.63, 3.8) is 0 Å². The summed E-state index contributed by atoms with van der Waals surface area (Å²) in [5.41, 5.74) is 4.84. The molecule has 40 heavy (non-hydrogen) atoms. The highest BCUT2D eigenvalue weighted by molar-refractivity contribution is 7.90. The second-order valence-electron chi connectivity index (χ2n) is 9.58. The topological polar surface area (TPSA) is 90.8 Å². The van der Waals surface area contributed by atoms with Crippen molar-refractivity contribution in [1.82, 2.24) is 9.88 Å². The molecule has 0 aliphatic carbocycles. The fourth-order valence-electron chi connectivity index (χ4n) is 4.64. The maximum absolute atomic E-state index is 15.0. The Morgan fingerprint density at radius 2 is 1.80 bits per heavy atom. The van der Waals surface area contributed by atoms with Crippen LogP contribution in [-0.2, 0) is 20.4 Å². The molecule has 0 spiro atoms. The number of piperidine rings is 1. The van der Waals surface area contributed by atoms with E-state index in [0.29, 0.717) is 11.7 Å². The van der Waals surface area contributed by atoms with Gasteiger partial charge in [0.15, 0.2) is 9.84 Å². The van der Waals surface area contributed by atoms with Crippen LogP contribution in [0.5, 0.6) is 0 Å². The average molecular weight is 602 g/mol. The van der Waals surface area contributed by atoms with Gasteiger partial charge in [0.05, 0.1) is 17.0 Å². The van der Waals surface area contributed by atoms with E-state index in [4.69, 9.17) is 9.90 Å². The molecule has 0 saturated carbocycles. The number of aromatic nitrogens is 1. The molecule has 1 atom stereocenters. The fourth-order valence-corrected chi connectivity index (χ4v) is 6.72. The van der Waals surface area contributed by atoms with Crippen LogP contribution >= 0.6 is 11.3 Å². The third-order valence-corrected chi connectivity index (χ3v) is 9.20. The van der Waals surface area contributed by atoms with Gasteiger partial charge in [0.2, 0.25) is 0 Å². The summed E-state index contributed by atoms with van der Waals surface area (Å²) in [6.07, 6.45) is -3.14. The van der Waals surface area contributed by atoms with Gasteiger partial charge >= 0.3 is 12.1 Å². The number of aryl methyl sites for hydroxylation is 1. The van der Waals surface area contributed by atoms with Crippen LogP contribution in [0.25, 0.3) is 0 Å². The van der Waals surface area contributed by atoms with Crippen LogP contribution in [0, 0.1) is 12.7 Å². The van der Waals surface area contributed by atoms with Crippen molar-refractivity contribution < 1.29 is 35.9 Å². The largest absolute Gasteiger partial charge is 0.490 e. The number of halogens is 4. The van der Waals surface area contributed by atoms with E-state index in [1.807, 2.05) is 20.0 Å². The zero-order chi connectivity index (χ0) is 29.7. The molecule has 2 heterocycles. The van der Waals surface area contributed by atoms with Gasteiger partial charge in [-0.15, -0.1) is 11.3 Å². The second-order valence-corrected chi connectivity index (χ2v) is 12.3. The van der Waals surface area contributed by atoms with Crippen molar-refractivity contribution in [2.75, 3.05) is 25.0 Å². The van der Waals surface area contributed by atoms with Gasteiger partial charge in [-0.1, -0.05) is 30.3 Å². The SMILES string of the molecule is Cc1cc(S(=O)(=O)Cc2cscn2)c(F)cc1N(C)C1CCN([C@H](C)c2ccccc2)CC1.O=C(O)C(F)(F)F. The molecule has 13 heteroatoms. The second kappa shape index (κ2) is 13.1. The summed E-state index contributed by atoms with van der Waals surface area (Å²) >= 11 is 1.33. The smallest absolute Gasteiger partial charge is 0.475 e. The van der Waals surface area contributed by atoms with Crippen LogP contribution in [0.15, 0.2) is 58.3 Å². The van der Waals surface area contributed by atoms with E-state index < -0.39 is 27.8 Å². The molecule has 1 aromatic heterocycles. The van der Waals surface area contributed by atoms with Crippen LogP contribution in [0.1, 0.15) is 42.6 Å². The molecular formula is C27H31F4N3O4S2. The number of sulfone groups is 1. The number of carboxylic acids is 1. The maximum atomic E-state index is 15.0. The van der Waals surface area contributed by atoms with Gasteiger partial charge in [0.25, 0.3) is 0 Å². The zero-order valence-corrected chi connectivity index (χ0v) is 23.9. The van der Waals surface area contributed by atoms with E-state index in [1.54, 1.807) is 10.9 Å². The van der Waals surface area contributed by atoms with E-state index in [2.05, 4.69) is 46.0 Å². The third kappa shape index (κ3) is 8.01. The molecular weight excluding hydrogens is 570 g/mol. The minimum absolute atomic E-state index is 0.253. The van der Waals surface area contributed by atoms with Gasteiger partial charge in [-0.3, -0.25) is 4.90 Å². The summed E-state index contributed by atoms with van der Waals surface area (Å²) < 4.78 is 72.3. The summed E-state index contributed by atoms with van der Waals surface area (Å²) in [4.78, 5) is 17.3. The molecule has 2 aromatic carbocycles. The Labute approximate surface area is 235 Å². The van der Waals surface area contributed by atoms with Crippen LogP contribution in [0.2, 0.25) is 0 Å². The number of aliphatic carboxylic acids is 1. The molecule has 0 amide bonds. The minimum Gasteiger partial charge on any atom is -0.475 e. The van der Waals surface area contributed by atoms with Gasteiger partial charge in [-0.05, 0) is 49.9 Å². The number of hydrogen-bond acceptors (Lipinski definition) is 7. The molecule has 1 saturated heterocycles. The first kappa shape index (κ1) is 31.5. The lowest BCUT2D eigenvalue weighted by Gasteiger charge is -2.40. The normalized spacial score (nSPS) is 15.7. The summed E-state index contributed by atoms with van der Waals surface area (Å²) in [7, 11) is -1.82. The molecule has 3 aromatic rings. The zero-order valence-electron chi connectivity index (χ0n) is 22.2. The molecule has 218 valence electrons. The van der Waals surface area contributed by atoms with Crippen molar-refractivity contribution in [2.24, 2.45) is 0 Å². The highest BCUT2D eigenvalue weighted by atomic mass is 32.2. The van der Waals surface area contributed by atoms with Crippen molar-refractivity contribution in [3.05, 3.63) is 76.0 Å². The van der Waals surface area contributed by atoms with Gasteiger partial charge in [-0.2, -0.15) is 13.2 Å². The number of alkyl halides is 3. The van der Waals surface area contributed by atoms with Gasteiger partial charge in [0, 0.05) is 43.3 Å². The maximum Gasteiger partial charge on any atom is 0.490 e. The van der Waals surface area contributed by atoms with Gasteiger partial charge < -0.3 is 10.0 Å². The molecule has 0 radical (unpaired) electrons. The number of carbonyl (C=O) groups is 1. The number of nitrogens with zero attached hydrogens (tertiary/aromatic N) is 3. The van der Waals surface area contributed by atoms with E-state index >= 15 is 4.39 Å². The third-order valence-electron chi connectivity index (χ3n) is 6.91. The molecule has 1 aliphatic heterocycles. The summed E-state index contributed by atoms with van der Waals surface area (Å²) in [5.74, 6) is -3.75. The first-order valence-corrected chi connectivity index (χ1v) is 15.0. The van der Waals surface area contributed by atoms with Crippen molar-refractivity contribution in [3.8, 4) is 0 Å². The fraction of sp³-hybridized carbons (Fsp3) is 0.407. The predicted octanol–water partition coefficient (Wildman–Crippen LogP) is 5.86. The first-order valence-electron chi connectivity index (χ1n) is 12.4. The van der Waals surface area contributed by atoms with E-state index in [0.717, 1.165) is 37.2 Å². The molecule has 1 aliphatic rings. The number of benzene rings is 2. The number of hydrogen-bond donors (Lipinski definition) is 1. The summed E-state index contributed by atoms with van der Waals surface area (Å²) in [6.45, 7) is 6.02. The first-order chi connectivity index (χ1) is 18.7.